The van der Waals surface area contributed by atoms with Crippen LogP contribution in [0.5, 0.6) is 0 Å². The number of alkyl halides is 2. The van der Waals surface area contributed by atoms with Crippen LogP contribution in [-0.4, -0.2) is 4.98 Å². The first-order chi connectivity index (χ1) is 8.04. The number of nitrogen functional groups attached to an aromatic ring is 1. The van der Waals surface area contributed by atoms with E-state index < -0.39 is 6.43 Å². The van der Waals surface area contributed by atoms with Crippen LogP contribution in [0.3, 0.4) is 0 Å². The number of nitrogens with zero attached hydrogens (tertiary/aromatic N) is 1. The van der Waals surface area contributed by atoms with Gasteiger partial charge in [-0.2, -0.15) is 0 Å². The number of fused-ring (bicyclic) bond motifs is 1. The first-order valence-electron chi connectivity index (χ1n) is 4.89. The highest BCUT2D eigenvalue weighted by Crippen LogP contribution is 2.33. The molecule has 0 aliphatic heterocycles. The second-order valence-corrected chi connectivity index (χ2v) is 4.48. The number of hydrogen-bond donors (Lipinski definition) is 2. The molecule has 6 heteroatoms. The van der Waals surface area contributed by atoms with Crippen LogP contribution in [-0.2, 0) is 0 Å². The molecule has 2 rings (SSSR count). The Balaban J connectivity index is 2.87. The lowest BCUT2D eigenvalue weighted by molar-refractivity contribution is 0.146. The number of nitrogens with one attached hydrogen (secondary N) is 1. The average molecular weight is 302 g/mol. The summed E-state index contributed by atoms with van der Waals surface area (Å²) in [5.41, 5.74) is 3.92. The van der Waals surface area contributed by atoms with E-state index in [2.05, 4.69) is 26.3 Å². The monoisotopic (exact) mass is 301 g/mol. The molecule has 1 aromatic carbocycles. The normalized spacial score (nSPS) is 11.2. The summed E-state index contributed by atoms with van der Waals surface area (Å²) in [7, 11) is 0. The van der Waals surface area contributed by atoms with Crippen LogP contribution in [0.2, 0.25) is 0 Å². The van der Waals surface area contributed by atoms with Gasteiger partial charge < -0.3 is 5.43 Å². The fraction of sp³-hybridized carbons (Fsp3) is 0.182. The van der Waals surface area contributed by atoms with Crippen molar-refractivity contribution in [2.24, 2.45) is 5.84 Å². The van der Waals surface area contributed by atoms with Gasteiger partial charge in [0.25, 0.3) is 6.43 Å². The molecule has 90 valence electrons. The van der Waals surface area contributed by atoms with E-state index >= 15 is 0 Å². The van der Waals surface area contributed by atoms with E-state index in [9.17, 15) is 8.78 Å². The second-order valence-electron chi connectivity index (χ2n) is 3.63. The Morgan fingerprint density at radius 3 is 2.71 bits per heavy atom. The highest BCUT2D eigenvalue weighted by atomic mass is 79.9. The molecule has 0 fully saturated rings. The molecule has 0 atom stereocenters. The maximum Gasteiger partial charge on any atom is 0.280 e. The van der Waals surface area contributed by atoms with E-state index in [1.54, 1.807) is 0 Å². The third kappa shape index (κ3) is 2.10. The number of aromatic nitrogens is 1. The van der Waals surface area contributed by atoms with Crippen LogP contribution >= 0.6 is 15.9 Å². The largest absolute Gasteiger partial charge is 0.323 e. The van der Waals surface area contributed by atoms with Crippen molar-refractivity contribution in [1.82, 2.24) is 4.98 Å². The van der Waals surface area contributed by atoms with Gasteiger partial charge in [-0.1, -0.05) is 22.0 Å². The van der Waals surface area contributed by atoms with Gasteiger partial charge in [0, 0.05) is 9.86 Å². The molecule has 0 bridgehead atoms. The van der Waals surface area contributed by atoms with Crippen molar-refractivity contribution in [1.29, 1.82) is 0 Å². The Kier molecular flexibility index (Phi) is 3.26. The number of nitrogens with two attached hydrogens (primary N) is 1. The average Bonchev–Trinajstić information content (AvgIpc) is 2.32. The van der Waals surface area contributed by atoms with Crippen LogP contribution in [0.15, 0.2) is 22.7 Å². The first-order valence-corrected chi connectivity index (χ1v) is 5.68. The smallest absolute Gasteiger partial charge is 0.280 e. The Morgan fingerprint density at radius 1 is 1.41 bits per heavy atom. The molecule has 0 amide bonds. The standard InChI is InChI=1S/C11H10BrF2N3/c1-5-2-3-6(12)9-7(17-15)4-8(11(13)14)16-10(5)9/h2-4,11H,15H2,1H3,(H,16,17). The van der Waals surface area contributed by atoms with Crippen molar-refractivity contribution < 1.29 is 8.78 Å². The minimum absolute atomic E-state index is 0.286. The number of hydrogen-bond acceptors (Lipinski definition) is 3. The Bertz CT molecular complexity index is 572. The van der Waals surface area contributed by atoms with Gasteiger partial charge in [0.1, 0.15) is 5.69 Å². The summed E-state index contributed by atoms with van der Waals surface area (Å²) in [6.07, 6.45) is -2.62. The van der Waals surface area contributed by atoms with E-state index in [-0.39, 0.29) is 5.69 Å². The Labute approximate surface area is 105 Å². The molecule has 17 heavy (non-hydrogen) atoms. The summed E-state index contributed by atoms with van der Waals surface area (Å²) in [5.74, 6) is 5.36. The molecule has 0 aliphatic carbocycles. The first kappa shape index (κ1) is 12.2. The van der Waals surface area contributed by atoms with Crippen molar-refractivity contribution in [3.63, 3.8) is 0 Å². The number of aryl methyl sites for hydroxylation is 1. The summed E-state index contributed by atoms with van der Waals surface area (Å²) in [6, 6.07) is 4.91. The molecule has 0 unspecified atom stereocenters. The molecule has 3 N–H and O–H groups in total. The van der Waals surface area contributed by atoms with Gasteiger partial charge in [0.05, 0.1) is 11.2 Å². The van der Waals surface area contributed by atoms with Gasteiger partial charge in [-0.25, -0.2) is 13.8 Å². The number of rotatable bonds is 2. The number of hydrazine groups is 1. The SMILES string of the molecule is Cc1ccc(Br)c2c(NN)cc(C(F)F)nc12. The van der Waals surface area contributed by atoms with Gasteiger partial charge in [0.15, 0.2) is 0 Å². The summed E-state index contributed by atoms with van der Waals surface area (Å²) < 4.78 is 26.2. The molecule has 0 radical (unpaired) electrons. The number of benzene rings is 1. The van der Waals surface area contributed by atoms with E-state index in [4.69, 9.17) is 5.84 Å². The molecule has 1 heterocycles. The van der Waals surface area contributed by atoms with E-state index in [0.29, 0.717) is 16.6 Å². The number of pyridine rings is 1. The van der Waals surface area contributed by atoms with E-state index in [1.807, 2.05) is 19.1 Å². The third-order valence-electron chi connectivity index (χ3n) is 2.51. The fourth-order valence-corrected chi connectivity index (χ4v) is 2.21. The second kappa shape index (κ2) is 4.54. The molecule has 0 saturated carbocycles. The lowest BCUT2D eigenvalue weighted by atomic mass is 10.1. The van der Waals surface area contributed by atoms with Crippen LogP contribution in [0.25, 0.3) is 10.9 Å². The molecule has 2 aromatic rings. The van der Waals surface area contributed by atoms with Crippen molar-refractivity contribution in [3.05, 3.63) is 33.9 Å². The van der Waals surface area contributed by atoms with E-state index in [0.717, 1.165) is 10.0 Å². The van der Waals surface area contributed by atoms with Crippen LogP contribution in [0.4, 0.5) is 14.5 Å². The van der Waals surface area contributed by atoms with Crippen molar-refractivity contribution in [3.8, 4) is 0 Å². The predicted molar refractivity (Wildman–Crippen MR) is 66.9 cm³/mol. The van der Waals surface area contributed by atoms with Crippen molar-refractivity contribution in [2.45, 2.75) is 13.3 Å². The van der Waals surface area contributed by atoms with Gasteiger partial charge >= 0.3 is 0 Å². The molecule has 3 nitrogen and oxygen atoms in total. The molecule has 1 aromatic heterocycles. The summed E-state index contributed by atoms with van der Waals surface area (Å²) >= 11 is 3.36. The zero-order chi connectivity index (χ0) is 12.6. The van der Waals surface area contributed by atoms with E-state index in [1.165, 1.54) is 6.07 Å². The highest BCUT2D eigenvalue weighted by Gasteiger charge is 2.15. The quantitative estimate of drug-likeness (QED) is 0.659. The Hall–Kier alpha value is -1.27. The van der Waals surface area contributed by atoms with Crippen molar-refractivity contribution >= 4 is 32.5 Å². The summed E-state index contributed by atoms with van der Waals surface area (Å²) in [6.45, 7) is 1.82. The lowest BCUT2D eigenvalue weighted by Crippen LogP contribution is -2.09. The van der Waals surface area contributed by atoms with Crippen LogP contribution in [0, 0.1) is 6.92 Å². The predicted octanol–water partition coefficient (Wildman–Crippen LogP) is 3.53. The minimum Gasteiger partial charge on any atom is -0.323 e. The zero-order valence-corrected chi connectivity index (χ0v) is 10.6. The minimum atomic E-state index is -2.62. The van der Waals surface area contributed by atoms with Gasteiger partial charge in [-0.15, -0.1) is 0 Å². The number of anilines is 1. The molecular weight excluding hydrogens is 292 g/mol. The number of halogens is 3. The molecular formula is C11H10BrF2N3. The zero-order valence-electron chi connectivity index (χ0n) is 8.97. The maximum atomic E-state index is 12.7. The fourth-order valence-electron chi connectivity index (χ4n) is 1.68. The molecule has 0 aliphatic rings. The van der Waals surface area contributed by atoms with Gasteiger partial charge in [-0.3, -0.25) is 5.84 Å². The third-order valence-corrected chi connectivity index (χ3v) is 3.17. The van der Waals surface area contributed by atoms with Crippen LogP contribution in [0.1, 0.15) is 17.7 Å². The summed E-state index contributed by atoms with van der Waals surface area (Å²) in [4.78, 5) is 3.97. The molecule has 0 spiro atoms. The van der Waals surface area contributed by atoms with Crippen LogP contribution < -0.4 is 11.3 Å². The topological polar surface area (TPSA) is 50.9 Å². The Morgan fingerprint density at radius 2 is 2.12 bits per heavy atom. The van der Waals surface area contributed by atoms with Gasteiger partial charge in [0.2, 0.25) is 0 Å². The van der Waals surface area contributed by atoms with Gasteiger partial charge in [-0.05, 0) is 24.6 Å². The molecule has 0 saturated heterocycles. The summed E-state index contributed by atoms with van der Waals surface area (Å²) in [5, 5.41) is 0.705. The van der Waals surface area contributed by atoms with Crippen molar-refractivity contribution in [2.75, 3.05) is 5.43 Å². The highest BCUT2D eigenvalue weighted by molar-refractivity contribution is 9.10. The maximum absolute atomic E-state index is 12.7. The lowest BCUT2D eigenvalue weighted by Gasteiger charge is -2.11.